The molecule has 2 aromatic heterocycles. The standard InChI is InChI=1S/C29H25N3O3S/c1-34-24-14-15-25(35-2)27-26(24)31-29(36-27)32(19-22-9-6-16-30-18-22)28(33)23-12-10-21(11-13-23)17-20-7-4-3-5-8-20/h3-16,18H,17,19H2,1-2H3. The fourth-order valence-electron chi connectivity index (χ4n) is 4.04. The minimum Gasteiger partial charge on any atom is -0.495 e. The Labute approximate surface area is 213 Å². The summed E-state index contributed by atoms with van der Waals surface area (Å²) in [5.41, 5.74) is 4.54. The van der Waals surface area contributed by atoms with Crippen molar-refractivity contribution in [2.45, 2.75) is 13.0 Å². The number of thiazole rings is 1. The molecule has 180 valence electrons. The van der Waals surface area contributed by atoms with E-state index in [1.165, 1.54) is 16.9 Å². The van der Waals surface area contributed by atoms with Crippen LogP contribution >= 0.6 is 11.3 Å². The number of methoxy groups -OCH3 is 2. The topological polar surface area (TPSA) is 64.6 Å². The minimum atomic E-state index is -0.137. The van der Waals surface area contributed by atoms with Crippen molar-refractivity contribution in [3.8, 4) is 11.5 Å². The van der Waals surface area contributed by atoms with Gasteiger partial charge in [0.25, 0.3) is 5.91 Å². The summed E-state index contributed by atoms with van der Waals surface area (Å²) in [6.45, 7) is 0.336. The summed E-state index contributed by atoms with van der Waals surface area (Å²) in [4.78, 5) is 24.5. The molecule has 0 aliphatic heterocycles. The molecule has 0 radical (unpaired) electrons. The van der Waals surface area contributed by atoms with Gasteiger partial charge in [-0.1, -0.05) is 59.9 Å². The van der Waals surface area contributed by atoms with Gasteiger partial charge in [0.2, 0.25) is 0 Å². The Morgan fingerprint density at radius 2 is 1.53 bits per heavy atom. The summed E-state index contributed by atoms with van der Waals surface area (Å²) in [6.07, 6.45) is 4.29. The molecule has 0 saturated heterocycles. The molecule has 5 aromatic rings. The second-order valence-electron chi connectivity index (χ2n) is 8.26. The number of pyridine rings is 1. The maximum absolute atomic E-state index is 13.8. The van der Waals surface area contributed by atoms with E-state index in [9.17, 15) is 4.79 Å². The highest BCUT2D eigenvalue weighted by molar-refractivity contribution is 7.22. The van der Waals surface area contributed by atoms with Crippen molar-refractivity contribution in [3.63, 3.8) is 0 Å². The van der Waals surface area contributed by atoms with Crippen LogP contribution in [-0.2, 0) is 13.0 Å². The SMILES string of the molecule is COc1ccc(OC)c2sc(N(Cc3cccnc3)C(=O)c3ccc(Cc4ccccc4)cc3)nc12. The lowest BCUT2D eigenvalue weighted by atomic mass is 10.0. The van der Waals surface area contributed by atoms with Gasteiger partial charge in [0.05, 0.1) is 20.8 Å². The van der Waals surface area contributed by atoms with Gasteiger partial charge in [0.15, 0.2) is 5.13 Å². The van der Waals surface area contributed by atoms with Crippen molar-refractivity contribution in [2.75, 3.05) is 19.1 Å². The van der Waals surface area contributed by atoms with E-state index < -0.39 is 0 Å². The lowest BCUT2D eigenvalue weighted by Gasteiger charge is -2.20. The van der Waals surface area contributed by atoms with Crippen LogP contribution in [-0.4, -0.2) is 30.1 Å². The summed E-state index contributed by atoms with van der Waals surface area (Å²) in [5.74, 6) is 1.18. The van der Waals surface area contributed by atoms with Gasteiger partial charge in [-0.2, -0.15) is 0 Å². The lowest BCUT2D eigenvalue weighted by Crippen LogP contribution is -2.30. The van der Waals surface area contributed by atoms with Gasteiger partial charge >= 0.3 is 0 Å². The number of aromatic nitrogens is 2. The van der Waals surface area contributed by atoms with Gasteiger partial charge in [0.1, 0.15) is 21.7 Å². The molecule has 36 heavy (non-hydrogen) atoms. The highest BCUT2D eigenvalue weighted by Gasteiger charge is 2.24. The third-order valence-corrected chi connectivity index (χ3v) is 6.98. The first kappa shape index (κ1) is 23.5. The van der Waals surface area contributed by atoms with Crippen molar-refractivity contribution in [1.82, 2.24) is 9.97 Å². The van der Waals surface area contributed by atoms with Gasteiger partial charge in [-0.05, 0) is 53.4 Å². The molecule has 0 aliphatic carbocycles. The maximum atomic E-state index is 13.8. The predicted molar refractivity (Wildman–Crippen MR) is 143 cm³/mol. The zero-order valence-electron chi connectivity index (χ0n) is 20.0. The Bertz CT molecular complexity index is 1430. The van der Waals surface area contributed by atoms with E-state index in [0.29, 0.717) is 34.3 Å². The quantitative estimate of drug-likeness (QED) is 0.258. The first-order chi connectivity index (χ1) is 17.7. The number of hydrogen-bond acceptors (Lipinski definition) is 6. The van der Waals surface area contributed by atoms with Crippen molar-refractivity contribution in [1.29, 1.82) is 0 Å². The normalized spacial score (nSPS) is 10.8. The van der Waals surface area contributed by atoms with Gasteiger partial charge in [-0.15, -0.1) is 0 Å². The number of rotatable bonds is 8. The van der Waals surface area contributed by atoms with E-state index in [0.717, 1.165) is 22.2 Å². The van der Waals surface area contributed by atoms with E-state index in [4.69, 9.17) is 14.5 Å². The molecule has 5 rings (SSSR count). The minimum absolute atomic E-state index is 0.137. The third kappa shape index (κ3) is 4.92. The Morgan fingerprint density at radius 3 is 2.22 bits per heavy atom. The zero-order valence-corrected chi connectivity index (χ0v) is 20.9. The summed E-state index contributed by atoms with van der Waals surface area (Å²) < 4.78 is 11.9. The van der Waals surface area contributed by atoms with Crippen LogP contribution in [0.15, 0.2) is 91.3 Å². The largest absolute Gasteiger partial charge is 0.495 e. The molecular weight excluding hydrogens is 470 g/mol. The van der Waals surface area contributed by atoms with Crippen LogP contribution in [0, 0.1) is 0 Å². The smallest absolute Gasteiger partial charge is 0.260 e. The number of fused-ring (bicyclic) bond motifs is 1. The van der Waals surface area contributed by atoms with Crippen LogP contribution in [0.1, 0.15) is 27.0 Å². The fourth-order valence-corrected chi connectivity index (χ4v) is 5.11. The molecular formula is C29H25N3O3S. The molecule has 0 fully saturated rings. The van der Waals surface area contributed by atoms with Crippen LogP contribution in [0.5, 0.6) is 11.5 Å². The molecule has 0 saturated carbocycles. The van der Waals surface area contributed by atoms with E-state index in [1.54, 1.807) is 31.5 Å². The first-order valence-corrected chi connectivity index (χ1v) is 12.3. The second kappa shape index (κ2) is 10.6. The number of carbonyl (C=O) groups excluding carboxylic acids is 1. The Kier molecular flexibility index (Phi) is 6.91. The summed E-state index contributed by atoms with van der Waals surface area (Å²) in [6, 6.07) is 25.5. The molecule has 0 N–H and O–H groups in total. The van der Waals surface area contributed by atoms with Crippen LogP contribution < -0.4 is 14.4 Å². The number of benzene rings is 3. The molecule has 0 unspecified atom stereocenters. The number of hydrogen-bond donors (Lipinski definition) is 0. The molecule has 2 heterocycles. The summed E-state index contributed by atoms with van der Waals surface area (Å²) in [5, 5.41) is 0.565. The van der Waals surface area contributed by atoms with Crippen molar-refractivity contribution in [2.24, 2.45) is 0 Å². The zero-order chi connectivity index (χ0) is 24.9. The van der Waals surface area contributed by atoms with Gasteiger partial charge < -0.3 is 9.47 Å². The van der Waals surface area contributed by atoms with E-state index in [-0.39, 0.29) is 5.91 Å². The average Bonchev–Trinajstić information content (AvgIpc) is 3.38. The van der Waals surface area contributed by atoms with Gasteiger partial charge in [-0.3, -0.25) is 14.7 Å². The molecule has 0 bridgehead atoms. The van der Waals surface area contributed by atoms with Crippen LogP contribution in [0.3, 0.4) is 0 Å². The maximum Gasteiger partial charge on any atom is 0.260 e. The van der Waals surface area contributed by atoms with E-state index in [1.807, 2.05) is 66.7 Å². The van der Waals surface area contributed by atoms with E-state index >= 15 is 0 Å². The molecule has 6 nitrogen and oxygen atoms in total. The highest BCUT2D eigenvalue weighted by Crippen LogP contribution is 2.40. The van der Waals surface area contributed by atoms with Gasteiger partial charge in [-0.25, -0.2) is 4.98 Å². The van der Waals surface area contributed by atoms with Crippen molar-refractivity contribution in [3.05, 3.63) is 114 Å². The van der Waals surface area contributed by atoms with Crippen LogP contribution in [0.2, 0.25) is 0 Å². The molecule has 7 heteroatoms. The predicted octanol–water partition coefficient (Wildman–Crippen LogP) is 6.15. The Morgan fingerprint density at radius 1 is 0.833 bits per heavy atom. The lowest BCUT2D eigenvalue weighted by molar-refractivity contribution is 0.0985. The second-order valence-corrected chi connectivity index (χ2v) is 9.23. The summed E-state index contributed by atoms with van der Waals surface area (Å²) >= 11 is 1.40. The monoisotopic (exact) mass is 495 g/mol. The number of anilines is 1. The molecule has 3 aromatic carbocycles. The molecule has 0 aliphatic rings. The average molecular weight is 496 g/mol. The Balaban J connectivity index is 1.50. The highest BCUT2D eigenvalue weighted by atomic mass is 32.1. The Hall–Kier alpha value is -4.23. The fraction of sp³-hybridized carbons (Fsp3) is 0.138. The molecule has 1 amide bonds. The van der Waals surface area contributed by atoms with Gasteiger partial charge in [0, 0.05) is 18.0 Å². The molecule has 0 spiro atoms. The van der Waals surface area contributed by atoms with Crippen molar-refractivity contribution >= 4 is 32.6 Å². The number of carbonyl (C=O) groups is 1. The number of ether oxygens (including phenoxy) is 2. The summed E-state index contributed by atoms with van der Waals surface area (Å²) in [7, 11) is 3.23. The van der Waals surface area contributed by atoms with Crippen LogP contribution in [0.4, 0.5) is 5.13 Å². The first-order valence-electron chi connectivity index (χ1n) is 11.5. The van der Waals surface area contributed by atoms with E-state index in [2.05, 4.69) is 17.1 Å². The third-order valence-electron chi connectivity index (χ3n) is 5.89. The number of nitrogens with zero attached hydrogens (tertiary/aromatic N) is 3. The van der Waals surface area contributed by atoms with Crippen LogP contribution in [0.25, 0.3) is 10.2 Å². The molecule has 0 atom stereocenters. The number of amides is 1. The van der Waals surface area contributed by atoms with Crippen molar-refractivity contribution < 1.29 is 14.3 Å².